The van der Waals surface area contributed by atoms with Crippen LogP contribution in [-0.2, 0) is 6.54 Å². The predicted molar refractivity (Wildman–Crippen MR) is 84.7 cm³/mol. The van der Waals surface area contributed by atoms with Gasteiger partial charge in [0.05, 0.1) is 0 Å². The zero-order valence-corrected chi connectivity index (χ0v) is 12.9. The molecule has 20 heavy (non-hydrogen) atoms. The van der Waals surface area contributed by atoms with Crippen LogP contribution in [0.5, 0.6) is 0 Å². The van der Waals surface area contributed by atoms with Crippen LogP contribution in [0, 0.1) is 5.41 Å². The van der Waals surface area contributed by atoms with Crippen molar-refractivity contribution < 1.29 is 0 Å². The Kier molecular flexibility index (Phi) is 4.13. The molecule has 1 N–H and O–H groups in total. The van der Waals surface area contributed by atoms with Crippen LogP contribution in [0.15, 0.2) is 30.3 Å². The van der Waals surface area contributed by atoms with E-state index < -0.39 is 0 Å². The van der Waals surface area contributed by atoms with Crippen molar-refractivity contribution in [2.45, 2.75) is 58.2 Å². The van der Waals surface area contributed by atoms with Gasteiger partial charge >= 0.3 is 0 Å². The maximum Gasteiger partial charge on any atom is 0.0239 e. The Bertz CT molecular complexity index is 408. The van der Waals surface area contributed by atoms with Crippen molar-refractivity contribution in [2.75, 3.05) is 13.1 Å². The summed E-state index contributed by atoms with van der Waals surface area (Å²) in [5, 5.41) is 3.63. The molecule has 3 rings (SSSR count). The van der Waals surface area contributed by atoms with E-state index in [4.69, 9.17) is 0 Å². The first kappa shape index (κ1) is 14.1. The highest BCUT2D eigenvalue weighted by Crippen LogP contribution is 2.43. The van der Waals surface area contributed by atoms with E-state index in [0.29, 0.717) is 17.5 Å². The minimum Gasteiger partial charge on any atom is -0.316 e. The van der Waals surface area contributed by atoms with Crippen molar-refractivity contribution in [2.24, 2.45) is 5.41 Å². The second kappa shape index (κ2) is 5.87. The maximum absolute atomic E-state index is 3.63. The molecule has 1 unspecified atom stereocenters. The van der Waals surface area contributed by atoms with Crippen LogP contribution in [0.4, 0.5) is 0 Å². The molecule has 2 heterocycles. The number of piperidine rings is 2. The van der Waals surface area contributed by atoms with Gasteiger partial charge in [-0.3, -0.25) is 4.90 Å². The summed E-state index contributed by atoms with van der Waals surface area (Å²) < 4.78 is 0. The van der Waals surface area contributed by atoms with Gasteiger partial charge in [0.2, 0.25) is 0 Å². The summed E-state index contributed by atoms with van der Waals surface area (Å²) in [6, 6.07) is 12.3. The average molecular weight is 272 g/mol. The van der Waals surface area contributed by atoms with Crippen LogP contribution in [0.25, 0.3) is 0 Å². The fraction of sp³-hybridized carbons (Fsp3) is 0.667. The topological polar surface area (TPSA) is 15.3 Å². The quantitative estimate of drug-likeness (QED) is 0.887. The Balaban J connectivity index is 1.69. The Morgan fingerprint density at radius 3 is 2.45 bits per heavy atom. The van der Waals surface area contributed by atoms with E-state index in [1.165, 1.54) is 44.3 Å². The second-order valence-corrected chi connectivity index (χ2v) is 7.04. The minimum atomic E-state index is 0.574. The van der Waals surface area contributed by atoms with E-state index in [0.717, 1.165) is 6.54 Å². The summed E-state index contributed by atoms with van der Waals surface area (Å²) in [6.07, 6.45) is 5.50. The third-order valence-electron chi connectivity index (χ3n) is 5.36. The molecule has 2 saturated heterocycles. The summed E-state index contributed by atoms with van der Waals surface area (Å²) in [5.41, 5.74) is 2.02. The van der Waals surface area contributed by atoms with Gasteiger partial charge in [0.15, 0.2) is 0 Å². The molecule has 2 nitrogen and oxygen atoms in total. The highest BCUT2D eigenvalue weighted by Gasteiger charge is 2.41. The highest BCUT2D eigenvalue weighted by molar-refractivity contribution is 5.15. The third kappa shape index (κ3) is 2.91. The van der Waals surface area contributed by atoms with Gasteiger partial charge in [0.25, 0.3) is 0 Å². The Morgan fingerprint density at radius 1 is 1.15 bits per heavy atom. The van der Waals surface area contributed by atoms with Crippen molar-refractivity contribution in [1.82, 2.24) is 10.2 Å². The molecule has 0 aromatic heterocycles. The monoisotopic (exact) mass is 272 g/mol. The van der Waals surface area contributed by atoms with Gasteiger partial charge in [0, 0.05) is 25.2 Å². The predicted octanol–water partition coefficient (Wildman–Crippen LogP) is 3.43. The first-order chi connectivity index (χ1) is 9.69. The van der Waals surface area contributed by atoms with Gasteiger partial charge in [-0.05, 0) is 57.1 Å². The zero-order chi connectivity index (χ0) is 14.0. The molecule has 0 aliphatic carbocycles. The number of likely N-dealkylation sites (tertiary alicyclic amines) is 1. The molecular weight excluding hydrogens is 244 g/mol. The van der Waals surface area contributed by atoms with Crippen molar-refractivity contribution in [3.63, 3.8) is 0 Å². The average Bonchev–Trinajstić information content (AvgIpc) is 2.45. The molecule has 2 fully saturated rings. The van der Waals surface area contributed by atoms with Crippen molar-refractivity contribution in [3.8, 4) is 0 Å². The second-order valence-electron chi connectivity index (χ2n) is 7.04. The largest absolute Gasteiger partial charge is 0.316 e. The van der Waals surface area contributed by atoms with Crippen molar-refractivity contribution >= 4 is 0 Å². The van der Waals surface area contributed by atoms with Crippen LogP contribution < -0.4 is 5.32 Å². The SMILES string of the molecule is C[C@@H]1CC2(CCCNC2)C[C@H](C)N1Cc1ccccc1. The number of hydrogen-bond acceptors (Lipinski definition) is 2. The molecule has 0 amide bonds. The normalized spacial score (nSPS) is 35.3. The van der Waals surface area contributed by atoms with E-state index in [2.05, 4.69) is 54.4 Å². The fourth-order valence-electron chi connectivity index (χ4n) is 4.49. The fourth-order valence-corrected chi connectivity index (χ4v) is 4.49. The van der Waals surface area contributed by atoms with Crippen molar-refractivity contribution in [1.29, 1.82) is 0 Å². The molecule has 2 heteroatoms. The molecule has 0 radical (unpaired) electrons. The van der Waals surface area contributed by atoms with Gasteiger partial charge in [-0.1, -0.05) is 30.3 Å². The molecule has 3 atom stereocenters. The molecule has 110 valence electrons. The molecule has 0 bridgehead atoms. The van der Waals surface area contributed by atoms with Crippen LogP contribution in [-0.4, -0.2) is 30.1 Å². The summed E-state index contributed by atoms with van der Waals surface area (Å²) in [4.78, 5) is 2.70. The number of benzene rings is 1. The van der Waals surface area contributed by atoms with E-state index in [1.807, 2.05) is 0 Å². The Labute approximate surface area is 123 Å². The van der Waals surface area contributed by atoms with E-state index >= 15 is 0 Å². The molecule has 2 aliphatic heterocycles. The first-order valence-corrected chi connectivity index (χ1v) is 8.19. The first-order valence-electron chi connectivity index (χ1n) is 8.19. The van der Waals surface area contributed by atoms with Crippen LogP contribution in [0.1, 0.15) is 45.1 Å². The number of hydrogen-bond donors (Lipinski definition) is 1. The molecular formula is C18H28N2. The van der Waals surface area contributed by atoms with Crippen LogP contribution >= 0.6 is 0 Å². The van der Waals surface area contributed by atoms with E-state index in [1.54, 1.807) is 0 Å². The van der Waals surface area contributed by atoms with Gasteiger partial charge in [-0.15, -0.1) is 0 Å². The van der Waals surface area contributed by atoms with Gasteiger partial charge in [-0.25, -0.2) is 0 Å². The highest BCUT2D eigenvalue weighted by atomic mass is 15.2. The van der Waals surface area contributed by atoms with E-state index in [-0.39, 0.29) is 0 Å². The lowest BCUT2D eigenvalue weighted by Gasteiger charge is -2.51. The zero-order valence-electron chi connectivity index (χ0n) is 12.9. The minimum absolute atomic E-state index is 0.574. The van der Waals surface area contributed by atoms with Crippen LogP contribution in [0.2, 0.25) is 0 Å². The van der Waals surface area contributed by atoms with Crippen LogP contribution in [0.3, 0.4) is 0 Å². The van der Waals surface area contributed by atoms with E-state index in [9.17, 15) is 0 Å². The third-order valence-corrected chi connectivity index (χ3v) is 5.36. The van der Waals surface area contributed by atoms with Gasteiger partial charge in [0.1, 0.15) is 0 Å². The smallest absolute Gasteiger partial charge is 0.0239 e. The number of nitrogens with one attached hydrogen (secondary N) is 1. The summed E-state index contributed by atoms with van der Waals surface area (Å²) in [5.74, 6) is 0. The molecule has 1 spiro atoms. The summed E-state index contributed by atoms with van der Waals surface area (Å²) >= 11 is 0. The summed E-state index contributed by atoms with van der Waals surface area (Å²) in [6.45, 7) is 8.41. The number of rotatable bonds is 2. The Morgan fingerprint density at radius 2 is 1.85 bits per heavy atom. The van der Waals surface area contributed by atoms with Gasteiger partial charge < -0.3 is 5.32 Å². The molecule has 0 saturated carbocycles. The molecule has 1 aromatic rings. The lowest BCUT2D eigenvalue weighted by molar-refractivity contribution is -0.00373. The maximum atomic E-state index is 3.63. The number of nitrogens with zero attached hydrogens (tertiary/aromatic N) is 1. The Hall–Kier alpha value is -0.860. The lowest BCUT2D eigenvalue weighted by Crippen LogP contribution is -2.54. The standard InChI is InChI=1S/C18H28N2/c1-15-11-18(9-6-10-19-14-18)12-16(2)20(15)13-17-7-4-3-5-8-17/h3-5,7-8,15-16,19H,6,9-14H2,1-2H3/t15-,16+,18?. The van der Waals surface area contributed by atoms with Crippen molar-refractivity contribution in [3.05, 3.63) is 35.9 Å². The molecule has 2 aliphatic rings. The summed E-state index contributed by atoms with van der Waals surface area (Å²) in [7, 11) is 0. The molecule has 1 aromatic carbocycles. The van der Waals surface area contributed by atoms with Gasteiger partial charge in [-0.2, -0.15) is 0 Å². The lowest BCUT2D eigenvalue weighted by atomic mass is 9.68.